The zero-order valence-corrected chi connectivity index (χ0v) is 16.4. The van der Waals surface area contributed by atoms with Crippen molar-refractivity contribution in [1.29, 1.82) is 0 Å². The van der Waals surface area contributed by atoms with Crippen LogP contribution in [0.2, 0.25) is 0 Å². The van der Waals surface area contributed by atoms with Gasteiger partial charge in [0.1, 0.15) is 11.5 Å². The number of rotatable bonds is 5. The van der Waals surface area contributed by atoms with Gasteiger partial charge in [-0.15, -0.1) is 0 Å². The Bertz CT molecular complexity index is 1230. The number of hydrogen-bond acceptors (Lipinski definition) is 8. The lowest BCUT2D eigenvalue weighted by atomic mass is 10.00. The molecule has 1 aliphatic heterocycles. The molecule has 160 valence electrons. The fraction of sp³-hybridized carbons (Fsp3) is 0.200. The molecule has 4 rings (SSSR count). The van der Waals surface area contributed by atoms with Gasteiger partial charge in [0.05, 0.1) is 14.2 Å². The van der Waals surface area contributed by atoms with E-state index in [2.05, 4.69) is 25.3 Å². The molecule has 0 amide bonds. The first-order valence-corrected chi connectivity index (χ1v) is 9.01. The smallest absolute Gasteiger partial charge is 0.438 e. The number of benzene rings is 2. The third-order valence-corrected chi connectivity index (χ3v) is 4.66. The first-order valence-electron chi connectivity index (χ1n) is 9.01. The molecular weight excluding hydrogens is 413 g/mol. The second-order valence-electron chi connectivity index (χ2n) is 6.58. The molecule has 1 unspecified atom stereocenters. The topological polar surface area (TPSA) is 107 Å². The molecule has 8 nitrogen and oxygen atoms in total. The number of nitrogen functional groups attached to an aromatic ring is 1. The number of anilines is 3. The van der Waals surface area contributed by atoms with Crippen LogP contribution in [0.5, 0.6) is 11.5 Å². The summed E-state index contributed by atoms with van der Waals surface area (Å²) in [7, 11) is 2.95. The molecule has 0 bridgehead atoms. The van der Waals surface area contributed by atoms with E-state index in [1.807, 2.05) is 0 Å². The highest BCUT2D eigenvalue weighted by Crippen LogP contribution is 2.44. The van der Waals surface area contributed by atoms with Crippen LogP contribution in [0.4, 0.5) is 30.5 Å². The average Bonchev–Trinajstić information content (AvgIpc) is 3.14. The molecule has 0 spiro atoms. The highest BCUT2D eigenvalue weighted by Gasteiger charge is 2.58. The number of hydrogen-bond donors (Lipinski definition) is 2. The predicted molar refractivity (Wildman–Crippen MR) is 106 cm³/mol. The number of fused-ring (bicyclic) bond motifs is 1. The molecule has 1 atom stereocenters. The van der Waals surface area contributed by atoms with E-state index < -0.39 is 11.8 Å². The minimum absolute atomic E-state index is 0.0653. The Labute approximate surface area is 174 Å². The lowest BCUT2D eigenvalue weighted by Gasteiger charge is -2.26. The van der Waals surface area contributed by atoms with Gasteiger partial charge in [-0.05, 0) is 36.4 Å². The first kappa shape index (κ1) is 20.4. The van der Waals surface area contributed by atoms with Crippen molar-refractivity contribution in [3.05, 3.63) is 65.1 Å². The fourth-order valence-electron chi connectivity index (χ4n) is 3.06. The summed E-state index contributed by atoms with van der Waals surface area (Å²) in [6.07, 6.45) is -4.83. The van der Waals surface area contributed by atoms with E-state index in [0.717, 1.165) is 0 Å². The third kappa shape index (κ3) is 3.58. The maximum absolute atomic E-state index is 14.1. The number of halogens is 3. The highest BCUT2D eigenvalue weighted by atomic mass is 19.4. The molecule has 3 aromatic rings. The number of nitrogens with two attached hydrogens (primary N) is 1. The second-order valence-corrected chi connectivity index (χ2v) is 6.58. The largest absolute Gasteiger partial charge is 0.497 e. The molecule has 1 aromatic heterocycles. The zero-order chi connectivity index (χ0) is 22.2. The number of aromatic nitrogens is 2. The molecule has 2 aromatic carbocycles. The number of ether oxygens (including phenoxy) is 2. The van der Waals surface area contributed by atoms with Gasteiger partial charge in [-0.25, -0.2) is 20.0 Å². The van der Waals surface area contributed by atoms with Crippen molar-refractivity contribution in [1.82, 2.24) is 9.97 Å². The molecule has 1 aliphatic rings. The van der Waals surface area contributed by atoms with Crippen LogP contribution in [0.25, 0.3) is 0 Å². The number of alkyl halides is 3. The summed E-state index contributed by atoms with van der Waals surface area (Å²) in [5.74, 6) is 1.00. The summed E-state index contributed by atoms with van der Waals surface area (Å²) in [5, 5.41) is 2.92. The van der Waals surface area contributed by atoms with Crippen molar-refractivity contribution in [2.75, 3.05) is 25.3 Å². The van der Waals surface area contributed by atoms with Crippen LogP contribution in [-0.2, 0) is 5.66 Å². The molecule has 0 saturated carbocycles. The van der Waals surface area contributed by atoms with Gasteiger partial charge in [0.2, 0.25) is 0 Å². The van der Waals surface area contributed by atoms with Crippen LogP contribution in [-0.4, -0.2) is 30.4 Å². The van der Waals surface area contributed by atoms with Crippen molar-refractivity contribution in [3.63, 3.8) is 0 Å². The number of methoxy groups -OCH3 is 2. The lowest BCUT2D eigenvalue weighted by molar-refractivity contribution is -0.186. The molecule has 11 heteroatoms. The number of nitrogens with zero attached hydrogens (tertiary/aromatic N) is 4. The maximum atomic E-state index is 14.1. The summed E-state index contributed by atoms with van der Waals surface area (Å²) in [6, 6.07) is 12.1. The lowest BCUT2D eigenvalue weighted by Crippen LogP contribution is -2.38. The Morgan fingerprint density at radius 3 is 1.87 bits per heavy atom. The summed E-state index contributed by atoms with van der Waals surface area (Å²) < 4.78 is 52.5. The van der Waals surface area contributed by atoms with Gasteiger partial charge in [-0.3, -0.25) is 0 Å². The van der Waals surface area contributed by atoms with Gasteiger partial charge in [-0.1, -0.05) is 12.1 Å². The van der Waals surface area contributed by atoms with Gasteiger partial charge < -0.3 is 20.5 Å². The molecule has 0 radical (unpaired) electrons. The molecule has 0 saturated heterocycles. The van der Waals surface area contributed by atoms with Crippen molar-refractivity contribution < 1.29 is 22.6 Å². The van der Waals surface area contributed by atoms with E-state index in [1.54, 1.807) is 24.3 Å². The standard InChI is InChI=1S/C20H17F3N6O2/c1-30-13-7-3-11(4-8-13)19(20(21,22)23)28-17-18(29-19)27-16(15(24)26-17)25-12-5-9-14(31-2)10-6-12/h3-10H,1-2H3,(H2,24,26,28)(H,25,27,29). The van der Waals surface area contributed by atoms with Crippen LogP contribution in [0, 0.1) is 0 Å². The average molecular weight is 430 g/mol. The fourth-order valence-corrected chi connectivity index (χ4v) is 3.06. The SMILES string of the molecule is COc1ccc(Nc2nc3c(nc2N)=NC(c2ccc(OC)cc2)(C(F)(F)F)N=3)cc1. The van der Waals surface area contributed by atoms with Crippen molar-refractivity contribution in [2.24, 2.45) is 9.98 Å². The van der Waals surface area contributed by atoms with Crippen LogP contribution >= 0.6 is 0 Å². The van der Waals surface area contributed by atoms with Crippen LogP contribution < -0.4 is 31.5 Å². The van der Waals surface area contributed by atoms with Gasteiger partial charge in [0, 0.05) is 11.3 Å². The van der Waals surface area contributed by atoms with E-state index in [9.17, 15) is 13.2 Å². The summed E-state index contributed by atoms with van der Waals surface area (Å²) in [5.41, 5.74) is 2.89. The minimum atomic E-state index is -4.83. The van der Waals surface area contributed by atoms with Gasteiger partial charge in [0.25, 0.3) is 5.66 Å². The molecule has 31 heavy (non-hydrogen) atoms. The molecule has 0 aliphatic carbocycles. The summed E-state index contributed by atoms with van der Waals surface area (Å²) >= 11 is 0. The molecule has 3 N–H and O–H groups in total. The Morgan fingerprint density at radius 2 is 1.35 bits per heavy atom. The van der Waals surface area contributed by atoms with E-state index in [0.29, 0.717) is 17.2 Å². The minimum Gasteiger partial charge on any atom is -0.497 e. The van der Waals surface area contributed by atoms with Gasteiger partial charge in [0.15, 0.2) is 22.6 Å². The maximum Gasteiger partial charge on any atom is 0.438 e. The van der Waals surface area contributed by atoms with Crippen molar-refractivity contribution in [2.45, 2.75) is 11.8 Å². The molecule has 0 fully saturated rings. The van der Waals surface area contributed by atoms with Crippen LogP contribution in [0.3, 0.4) is 0 Å². The van der Waals surface area contributed by atoms with Gasteiger partial charge >= 0.3 is 6.18 Å². The summed E-state index contributed by atoms with van der Waals surface area (Å²) in [4.78, 5) is 15.7. The number of nitrogens with one attached hydrogen (secondary N) is 1. The van der Waals surface area contributed by atoms with Crippen LogP contribution in [0.15, 0.2) is 58.5 Å². The Balaban J connectivity index is 1.79. The molecular formula is C20H17F3N6O2. The normalized spacial score (nSPS) is 17.3. The Morgan fingerprint density at radius 1 is 0.839 bits per heavy atom. The Kier molecular flexibility index (Phi) is 4.88. The third-order valence-electron chi connectivity index (χ3n) is 4.66. The summed E-state index contributed by atoms with van der Waals surface area (Å²) in [6.45, 7) is 0. The van der Waals surface area contributed by atoms with Crippen molar-refractivity contribution in [3.8, 4) is 11.5 Å². The second kappa shape index (κ2) is 7.42. The zero-order valence-electron chi connectivity index (χ0n) is 16.4. The van der Waals surface area contributed by atoms with Crippen LogP contribution in [0.1, 0.15) is 5.56 Å². The quantitative estimate of drug-likeness (QED) is 0.644. The van der Waals surface area contributed by atoms with E-state index in [1.165, 1.54) is 38.5 Å². The molecule has 2 heterocycles. The van der Waals surface area contributed by atoms with Crippen molar-refractivity contribution >= 4 is 17.3 Å². The highest BCUT2D eigenvalue weighted by molar-refractivity contribution is 5.65. The first-order chi connectivity index (χ1) is 14.8. The van der Waals surface area contributed by atoms with E-state index in [-0.39, 0.29) is 28.2 Å². The van der Waals surface area contributed by atoms with E-state index in [4.69, 9.17) is 15.2 Å². The Hall–Kier alpha value is -3.89. The monoisotopic (exact) mass is 430 g/mol. The predicted octanol–water partition coefficient (Wildman–Crippen LogP) is 2.49. The van der Waals surface area contributed by atoms with Gasteiger partial charge in [-0.2, -0.15) is 13.2 Å². The van der Waals surface area contributed by atoms with E-state index >= 15 is 0 Å².